The average Bonchev–Trinajstić information content (AvgIpc) is 2.69. The molecule has 2 rings (SSSR count). The molecule has 118 valence electrons. The number of nitrogens with one attached hydrogen (secondary N) is 1. The first-order chi connectivity index (χ1) is 9.58. The number of rotatable bonds is 3. The van der Waals surface area contributed by atoms with Crippen LogP contribution in [0.1, 0.15) is 37.2 Å². The lowest BCUT2D eigenvalue weighted by molar-refractivity contribution is -0.0615. The van der Waals surface area contributed by atoms with Gasteiger partial charge in [-0.25, -0.2) is 8.42 Å². The maximum atomic E-state index is 12.3. The van der Waals surface area contributed by atoms with E-state index in [2.05, 4.69) is 5.32 Å². The van der Waals surface area contributed by atoms with Crippen molar-refractivity contribution in [1.29, 1.82) is 0 Å². The number of hydrogen-bond donors (Lipinski definition) is 1. The fourth-order valence-corrected chi connectivity index (χ4v) is 3.30. The average molecular weight is 335 g/mol. The molecule has 1 unspecified atom stereocenters. The Hall–Kier alpha value is -1.05. The lowest BCUT2D eigenvalue weighted by Gasteiger charge is -2.35. The minimum Gasteiger partial charge on any atom is -0.375 e. The maximum Gasteiger partial charge on any atom is 0.268 e. The molecule has 1 aliphatic heterocycles. The van der Waals surface area contributed by atoms with E-state index in [1.165, 1.54) is 16.8 Å². The molecular formula is C13H19ClN2O4S. The van der Waals surface area contributed by atoms with Gasteiger partial charge in [0.15, 0.2) is 0 Å². The first-order valence-corrected chi connectivity index (χ1v) is 8.95. The van der Waals surface area contributed by atoms with Crippen LogP contribution in [-0.4, -0.2) is 37.1 Å². The van der Waals surface area contributed by atoms with Gasteiger partial charge in [0.2, 0.25) is 0 Å². The summed E-state index contributed by atoms with van der Waals surface area (Å²) in [7, 11) is 3.06. The Kier molecular flexibility index (Phi) is 4.37. The van der Waals surface area contributed by atoms with E-state index >= 15 is 0 Å². The van der Waals surface area contributed by atoms with Gasteiger partial charge in [-0.3, -0.25) is 4.79 Å². The predicted octanol–water partition coefficient (Wildman–Crippen LogP) is 1.64. The summed E-state index contributed by atoms with van der Waals surface area (Å²) in [6, 6.07) is 1.29. The Morgan fingerprint density at radius 3 is 2.71 bits per heavy atom. The summed E-state index contributed by atoms with van der Waals surface area (Å²) in [6.07, 6.45) is 2.77. The molecule has 1 amide bonds. The van der Waals surface area contributed by atoms with Crippen molar-refractivity contribution >= 4 is 25.6 Å². The Balaban J connectivity index is 2.12. The molecule has 1 fully saturated rings. The van der Waals surface area contributed by atoms with E-state index < -0.39 is 9.05 Å². The van der Waals surface area contributed by atoms with Crippen LogP contribution in [0, 0.1) is 0 Å². The second kappa shape index (κ2) is 5.62. The molecule has 1 aliphatic rings. The third-order valence-electron chi connectivity index (χ3n) is 3.53. The van der Waals surface area contributed by atoms with Gasteiger partial charge in [0.25, 0.3) is 15.0 Å². The van der Waals surface area contributed by atoms with Crippen LogP contribution in [-0.2, 0) is 20.8 Å². The monoisotopic (exact) mass is 334 g/mol. The smallest absolute Gasteiger partial charge is 0.268 e. The highest BCUT2D eigenvalue weighted by Crippen LogP contribution is 2.24. The van der Waals surface area contributed by atoms with Crippen molar-refractivity contribution in [3.63, 3.8) is 0 Å². The molecule has 1 atom stereocenters. The van der Waals surface area contributed by atoms with Gasteiger partial charge in [0.1, 0.15) is 10.6 Å². The van der Waals surface area contributed by atoms with Crippen LogP contribution in [0.5, 0.6) is 0 Å². The van der Waals surface area contributed by atoms with Crippen LogP contribution in [0.3, 0.4) is 0 Å². The van der Waals surface area contributed by atoms with Crippen molar-refractivity contribution in [2.75, 3.05) is 6.61 Å². The number of halogens is 1. The molecule has 0 saturated carbocycles. The minimum absolute atomic E-state index is 0.00667. The van der Waals surface area contributed by atoms with Gasteiger partial charge >= 0.3 is 0 Å². The van der Waals surface area contributed by atoms with Gasteiger partial charge in [-0.1, -0.05) is 0 Å². The zero-order chi connectivity index (χ0) is 15.8. The molecule has 0 radical (unpaired) electrons. The van der Waals surface area contributed by atoms with E-state index in [0.717, 1.165) is 6.42 Å². The predicted molar refractivity (Wildman–Crippen MR) is 79.0 cm³/mol. The lowest BCUT2D eigenvalue weighted by Crippen LogP contribution is -2.46. The van der Waals surface area contributed by atoms with E-state index in [9.17, 15) is 13.2 Å². The van der Waals surface area contributed by atoms with E-state index in [1.807, 2.05) is 13.8 Å². The number of hydrogen-bond acceptors (Lipinski definition) is 4. The second-order valence-electron chi connectivity index (χ2n) is 5.88. The van der Waals surface area contributed by atoms with Crippen LogP contribution in [0.15, 0.2) is 17.2 Å². The molecule has 1 saturated heterocycles. The van der Waals surface area contributed by atoms with Gasteiger partial charge in [-0.15, -0.1) is 0 Å². The fourth-order valence-electron chi connectivity index (χ4n) is 2.51. The first kappa shape index (κ1) is 16.3. The van der Waals surface area contributed by atoms with Gasteiger partial charge in [0, 0.05) is 36.6 Å². The molecule has 0 aliphatic carbocycles. The molecular weight excluding hydrogens is 316 g/mol. The SMILES string of the molecule is Cn1cc(S(=O)(=O)Cl)cc1C(=O)NC1CCOC(C)(C)C1. The quantitative estimate of drug-likeness (QED) is 0.852. The molecule has 0 bridgehead atoms. The number of aryl methyl sites for hydroxylation is 1. The van der Waals surface area contributed by atoms with Crippen LogP contribution in [0.2, 0.25) is 0 Å². The summed E-state index contributed by atoms with van der Waals surface area (Å²) in [4.78, 5) is 12.2. The summed E-state index contributed by atoms with van der Waals surface area (Å²) in [5.41, 5.74) is -0.00628. The minimum atomic E-state index is -3.84. The summed E-state index contributed by atoms with van der Waals surface area (Å²) >= 11 is 0. The van der Waals surface area contributed by atoms with Crippen LogP contribution in [0.25, 0.3) is 0 Å². The van der Waals surface area contributed by atoms with Crippen LogP contribution in [0.4, 0.5) is 0 Å². The van der Waals surface area contributed by atoms with Crippen molar-refractivity contribution in [1.82, 2.24) is 9.88 Å². The number of nitrogens with zero attached hydrogens (tertiary/aromatic N) is 1. The fraction of sp³-hybridized carbons (Fsp3) is 0.615. The highest BCUT2D eigenvalue weighted by atomic mass is 35.7. The number of carbonyl (C=O) groups is 1. The molecule has 1 aromatic rings. The Bertz CT molecular complexity index is 651. The van der Waals surface area contributed by atoms with E-state index in [-0.39, 0.29) is 28.1 Å². The molecule has 0 spiro atoms. The van der Waals surface area contributed by atoms with Crippen molar-refractivity contribution in [3.05, 3.63) is 18.0 Å². The Labute approximate surface area is 128 Å². The van der Waals surface area contributed by atoms with Crippen LogP contribution >= 0.6 is 10.7 Å². The zero-order valence-electron chi connectivity index (χ0n) is 12.2. The highest BCUT2D eigenvalue weighted by Gasteiger charge is 2.30. The molecule has 1 N–H and O–H groups in total. The Morgan fingerprint density at radius 1 is 1.52 bits per heavy atom. The zero-order valence-corrected chi connectivity index (χ0v) is 13.8. The van der Waals surface area contributed by atoms with Gasteiger partial charge < -0.3 is 14.6 Å². The third-order valence-corrected chi connectivity index (χ3v) is 4.85. The molecule has 21 heavy (non-hydrogen) atoms. The third kappa shape index (κ3) is 3.99. The molecule has 1 aromatic heterocycles. The van der Waals surface area contributed by atoms with Crippen molar-refractivity contribution in [3.8, 4) is 0 Å². The summed E-state index contributed by atoms with van der Waals surface area (Å²) in [6.45, 7) is 4.55. The number of aromatic nitrogens is 1. The van der Waals surface area contributed by atoms with Crippen molar-refractivity contribution in [2.24, 2.45) is 7.05 Å². The number of carbonyl (C=O) groups excluding carboxylic acids is 1. The van der Waals surface area contributed by atoms with E-state index in [1.54, 1.807) is 7.05 Å². The van der Waals surface area contributed by atoms with Crippen molar-refractivity contribution < 1.29 is 17.9 Å². The molecule has 6 nitrogen and oxygen atoms in total. The largest absolute Gasteiger partial charge is 0.375 e. The summed E-state index contributed by atoms with van der Waals surface area (Å²) < 4.78 is 29.7. The van der Waals surface area contributed by atoms with Gasteiger partial charge in [-0.2, -0.15) is 0 Å². The lowest BCUT2D eigenvalue weighted by atomic mass is 9.94. The molecule has 2 heterocycles. The van der Waals surface area contributed by atoms with Gasteiger partial charge in [0.05, 0.1) is 5.60 Å². The summed E-state index contributed by atoms with van der Waals surface area (Å²) in [5, 5.41) is 2.92. The topological polar surface area (TPSA) is 77.4 Å². The number of amides is 1. The Morgan fingerprint density at radius 2 is 2.19 bits per heavy atom. The second-order valence-corrected chi connectivity index (χ2v) is 8.45. The van der Waals surface area contributed by atoms with E-state index in [4.69, 9.17) is 15.4 Å². The molecule has 8 heteroatoms. The molecule has 0 aromatic carbocycles. The normalized spacial score (nSPS) is 22.0. The summed E-state index contributed by atoms with van der Waals surface area (Å²) in [5.74, 6) is -0.313. The van der Waals surface area contributed by atoms with Crippen LogP contribution < -0.4 is 5.32 Å². The van der Waals surface area contributed by atoms with Gasteiger partial charge in [-0.05, 0) is 32.8 Å². The first-order valence-electron chi connectivity index (χ1n) is 6.64. The maximum absolute atomic E-state index is 12.3. The van der Waals surface area contributed by atoms with E-state index in [0.29, 0.717) is 13.0 Å². The number of ether oxygens (including phenoxy) is 1. The van der Waals surface area contributed by atoms with Crippen molar-refractivity contribution in [2.45, 2.75) is 43.2 Å². The standard InChI is InChI=1S/C13H19ClN2O4S/c1-13(2)7-9(4-5-20-13)15-12(17)11-6-10(8-16(11)3)21(14,18)19/h6,8-9H,4-5,7H2,1-3H3,(H,15,17). The highest BCUT2D eigenvalue weighted by molar-refractivity contribution is 8.13.